The SMILES string of the molecule is COCCCn1c(=O)c2ccccc2n(CC(=O)Nc2ccc(OC)cc2)c1=O. The van der Waals surface area contributed by atoms with Crippen LogP contribution >= 0.6 is 0 Å². The maximum Gasteiger partial charge on any atom is 0.331 e. The van der Waals surface area contributed by atoms with Gasteiger partial charge in [0.25, 0.3) is 5.56 Å². The maximum atomic E-state index is 13.0. The Kier molecular flexibility index (Phi) is 6.46. The van der Waals surface area contributed by atoms with Crippen LogP contribution in [0.3, 0.4) is 0 Å². The monoisotopic (exact) mass is 397 g/mol. The van der Waals surface area contributed by atoms with E-state index in [1.165, 1.54) is 4.57 Å². The predicted octanol–water partition coefficient (Wildman–Crippen LogP) is 1.85. The molecule has 0 radical (unpaired) electrons. The third-order valence-electron chi connectivity index (χ3n) is 4.54. The number of anilines is 1. The molecule has 0 saturated heterocycles. The van der Waals surface area contributed by atoms with Gasteiger partial charge in [-0.2, -0.15) is 0 Å². The molecule has 1 aromatic heterocycles. The third kappa shape index (κ3) is 4.55. The lowest BCUT2D eigenvalue weighted by Crippen LogP contribution is -2.42. The fourth-order valence-corrected chi connectivity index (χ4v) is 3.11. The van der Waals surface area contributed by atoms with E-state index >= 15 is 0 Å². The van der Waals surface area contributed by atoms with Crippen LogP contribution in [0.2, 0.25) is 0 Å². The minimum Gasteiger partial charge on any atom is -0.497 e. The van der Waals surface area contributed by atoms with Gasteiger partial charge < -0.3 is 14.8 Å². The number of hydrogen-bond donors (Lipinski definition) is 1. The van der Waals surface area contributed by atoms with E-state index < -0.39 is 5.69 Å². The quantitative estimate of drug-likeness (QED) is 0.586. The van der Waals surface area contributed by atoms with Crippen molar-refractivity contribution in [1.82, 2.24) is 9.13 Å². The highest BCUT2D eigenvalue weighted by atomic mass is 16.5. The lowest BCUT2D eigenvalue weighted by Gasteiger charge is -2.14. The number of para-hydroxylation sites is 1. The highest BCUT2D eigenvalue weighted by Crippen LogP contribution is 2.15. The molecule has 1 amide bonds. The van der Waals surface area contributed by atoms with Crippen LogP contribution in [-0.2, 0) is 22.6 Å². The Morgan fingerprint density at radius 3 is 2.41 bits per heavy atom. The molecule has 3 aromatic rings. The van der Waals surface area contributed by atoms with Gasteiger partial charge in [-0.3, -0.25) is 18.7 Å². The van der Waals surface area contributed by atoms with Gasteiger partial charge in [0.1, 0.15) is 12.3 Å². The van der Waals surface area contributed by atoms with Crippen LogP contribution < -0.4 is 21.3 Å². The minimum atomic E-state index is -0.519. The summed E-state index contributed by atoms with van der Waals surface area (Å²) in [4.78, 5) is 38.3. The van der Waals surface area contributed by atoms with E-state index in [1.807, 2.05) is 0 Å². The fraction of sp³-hybridized carbons (Fsp3) is 0.286. The number of rotatable bonds is 8. The molecule has 1 heterocycles. The van der Waals surface area contributed by atoms with Crippen LogP contribution in [0, 0.1) is 0 Å². The molecule has 0 aliphatic rings. The van der Waals surface area contributed by atoms with Gasteiger partial charge in [0.15, 0.2) is 0 Å². The first-order chi connectivity index (χ1) is 14.0. The fourth-order valence-electron chi connectivity index (χ4n) is 3.11. The zero-order valence-electron chi connectivity index (χ0n) is 16.4. The molecule has 29 heavy (non-hydrogen) atoms. The molecule has 0 aliphatic heterocycles. The summed E-state index contributed by atoms with van der Waals surface area (Å²) in [7, 11) is 3.12. The van der Waals surface area contributed by atoms with Gasteiger partial charge in [-0.15, -0.1) is 0 Å². The van der Waals surface area contributed by atoms with Crippen LogP contribution in [0.15, 0.2) is 58.1 Å². The van der Waals surface area contributed by atoms with Crippen molar-refractivity contribution in [3.8, 4) is 5.75 Å². The van der Waals surface area contributed by atoms with Crippen molar-refractivity contribution in [2.75, 3.05) is 26.1 Å². The summed E-state index contributed by atoms with van der Waals surface area (Å²) in [5.74, 6) is 0.304. The standard InChI is InChI=1S/C21H23N3O5/c1-28-13-5-12-23-20(26)17-6-3-4-7-18(17)24(21(23)27)14-19(25)22-15-8-10-16(29-2)11-9-15/h3-4,6-11H,5,12-14H2,1-2H3,(H,22,25). The van der Waals surface area contributed by atoms with Gasteiger partial charge >= 0.3 is 5.69 Å². The second kappa shape index (κ2) is 9.20. The molecule has 8 heteroatoms. The molecule has 1 N–H and O–H groups in total. The molecular formula is C21H23N3O5. The molecule has 0 unspecified atom stereocenters. The molecule has 0 bridgehead atoms. The van der Waals surface area contributed by atoms with E-state index in [4.69, 9.17) is 9.47 Å². The molecule has 0 fully saturated rings. The van der Waals surface area contributed by atoms with Crippen molar-refractivity contribution in [3.63, 3.8) is 0 Å². The van der Waals surface area contributed by atoms with Crippen molar-refractivity contribution >= 4 is 22.5 Å². The minimum absolute atomic E-state index is 0.212. The number of nitrogens with one attached hydrogen (secondary N) is 1. The largest absolute Gasteiger partial charge is 0.497 e. The van der Waals surface area contributed by atoms with Gasteiger partial charge in [0.05, 0.1) is 18.0 Å². The average Bonchev–Trinajstić information content (AvgIpc) is 2.74. The van der Waals surface area contributed by atoms with Gasteiger partial charge in [0, 0.05) is 25.9 Å². The summed E-state index contributed by atoms with van der Waals surface area (Å²) < 4.78 is 12.6. The number of methoxy groups -OCH3 is 2. The Hall–Kier alpha value is -3.39. The van der Waals surface area contributed by atoms with E-state index in [0.717, 1.165) is 4.57 Å². The topological polar surface area (TPSA) is 91.6 Å². The summed E-state index contributed by atoms with van der Waals surface area (Å²) in [6.45, 7) is 0.434. The molecular weight excluding hydrogens is 374 g/mol. The molecule has 152 valence electrons. The summed E-state index contributed by atoms with van der Waals surface area (Å²) in [5.41, 5.74) is 0.125. The Morgan fingerprint density at radius 2 is 1.72 bits per heavy atom. The molecule has 8 nitrogen and oxygen atoms in total. The number of benzene rings is 2. The smallest absolute Gasteiger partial charge is 0.331 e. The van der Waals surface area contributed by atoms with E-state index in [-0.39, 0.29) is 24.6 Å². The van der Waals surface area contributed by atoms with E-state index in [9.17, 15) is 14.4 Å². The number of carbonyl (C=O) groups is 1. The lowest BCUT2D eigenvalue weighted by atomic mass is 10.2. The number of hydrogen-bond acceptors (Lipinski definition) is 5. The summed E-state index contributed by atoms with van der Waals surface area (Å²) in [6, 6.07) is 13.7. The molecule has 0 spiro atoms. The van der Waals surface area contributed by atoms with Crippen molar-refractivity contribution in [2.24, 2.45) is 0 Å². The molecule has 0 saturated carbocycles. The Bertz CT molecular complexity index is 1120. The number of nitrogens with zero attached hydrogens (tertiary/aromatic N) is 2. The second-order valence-corrected chi connectivity index (χ2v) is 6.47. The third-order valence-corrected chi connectivity index (χ3v) is 4.54. The predicted molar refractivity (Wildman–Crippen MR) is 111 cm³/mol. The second-order valence-electron chi connectivity index (χ2n) is 6.47. The van der Waals surface area contributed by atoms with Crippen LogP contribution in [0.4, 0.5) is 5.69 Å². The van der Waals surface area contributed by atoms with Gasteiger partial charge in [-0.05, 0) is 42.8 Å². The van der Waals surface area contributed by atoms with Crippen LogP contribution in [0.5, 0.6) is 5.75 Å². The highest BCUT2D eigenvalue weighted by Gasteiger charge is 2.15. The van der Waals surface area contributed by atoms with Crippen LogP contribution in [0.1, 0.15) is 6.42 Å². The number of fused-ring (bicyclic) bond motifs is 1. The summed E-state index contributed by atoms with van der Waals surface area (Å²) in [6.07, 6.45) is 0.516. The lowest BCUT2D eigenvalue weighted by molar-refractivity contribution is -0.116. The van der Waals surface area contributed by atoms with Gasteiger partial charge in [-0.25, -0.2) is 4.79 Å². The molecule has 0 atom stereocenters. The Labute approximate surface area is 167 Å². The molecule has 0 aliphatic carbocycles. The number of carbonyl (C=O) groups excluding carboxylic acids is 1. The number of aromatic nitrogens is 2. The summed E-state index contributed by atoms with van der Waals surface area (Å²) >= 11 is 0. The maximum absolute atomic E-state index is 13.0. The van der Waals surface area contributed by atoms with Crippen molar-refractivity contribution in [1.29, 1.82) is 0 Å². The Balaban J connectivity index is 1.93. The summed E-state index contributed by atoms with van der Waals surface area (Å²) in [5, 5.41) is 3.15. The zero-order chi connectivity index (χ0) is 20.8. The molecule has 3 rings (SSSR count). The van der Waals surface area contributed by atoms with E-state index in [1.54, 1.807) is 62.8 Å². The highest BCUT2D eigenvalue weighted by molar-refractivity contribution is 5.91. The number of amides is 1. The van der Waals surface area contributed by atoms with E-state index in [0.29, 0.717) is 35.4 Å². The molecule has 2 aromatic carbocycles. The Morgan fingerprint density at radius 1 is 1.00 bits per heavy atom. The van der Waals surface area contributed by atoms with E-state index in [2.05, 4.69) is 5.32 Å². The first kappa shape index (κ1) is 20.3. The van der Waals surface area contributed by atoms with Crippen molar-refractivity contribution < 1.29 is 14.3 Å². The first-order valence-electron chi connectivity index (χ1n) is 9.20. The van der Waals surface area contributed by atoms with Gasteiger partial charge in [0.2, 0.25) is 5.91 Å². The van der Waals surface area contributed by atoms with Crippen molar-refractivity contribution in [3.05, 3.63) is 69.4 Å². The first-order valence-corrected chi connectivity index (χ1v) is 9.20. The van der Waals surface area contributed by atoms with Crippen LogP contribution in [-0.4, -0.2) is 35.9 Å². The van der Waals surface area contributed by atoms with Crippen molar-refractivity contribution in [2.45, 2.75) is 19.5 Å². The van der Waals surface area contributed by atoms with Crippen LogP contribution in [0.25, 0.3) is 10.9 Å². The average molecular weight is 397 g/mol. The zero-order valence-corrected chi connectivity index (χ0v) is 16.4. The normalized spacial score (nSPS) is 10.8. The number of ether oxygens (including phenoxy) is 2. The van der Waals surface area contributed by atoms with Gasteiger partial charge in [-0.1, -0.05) is 12.1 Å².